The zero-order valence-corrected chi connectivity index (χ0v) is 14.5. The summed E-state index contributed by atoms with van der Waals surface area (Å²) in [6.45, 7) is 2.03. The second-order valence-electron chi connectivity index (χ2n) is 5.25. The summed E-state index contributed by atoms with van der Waals surface area (Å²) in [7, 11) is 0. The van der Waals surface area contributed by atoms with E-state index in [1.54, 1.807) is 55.5 Å². The number of hydrogen-bond donors (Lipinski definition) is 1. The number of benzene rings is 2. The van der Waals surface area contributed by atoms with Crippen molar-refractivity contribution >= 4 is 34.9 Å². The van der Waals surface area contributed by atoms with Crippen LogP contribution in [0.15, 0.2) is 48.5 Å². The van der Waals surface area contributed by atoms with E-state index in [1.165, 1.54) is 0 Å². The molecule has 130 valence electrons. The summed E-state index contributed by atoms with van der Waals surface area (Å²) in [5.41, 5.74) is 1.37. The van der Waals surface area contributed by atoms with E-state index in [2.05, 4.69) is 5.32 Å². The molecule has 0 saturated heterocycles. The van der Waals surface area contributed by atoms with Gasteiger partial charge in [0.05, 0.1) is 17.2 Å². The molecule has 0 atom stereocenters. The fraction of sp³-hybridized carbons (Fsp3) is 0.211. The van der Waals surface area contributed by atoms with Gasteiger partial charge in [-0.2, -0.15) is 0 Å². The number of hydrogen-bond acceptors (Lipinski definition) is 4. The van der Waals surface area contributed by atoms with Gasteiger partial charge in [0.25, 0.3) is 0 Å². The SMILES string of the molecule is CCOC(=O)c1ccc(NC(=O)CCC(=O)c2ccccc2Cl)cc1. The van der Waals surface area contributed by atoms with Crippen molar-refractivity contribution < 1.29 is 19.1 Å². The van der Waals surface area contributed by atoms with Crippen LogP contribution >= 0.6 is 11.6 Å². The number of halogens is 1. The largest absolute Gasteiger partial charge is 0.462 e. The van der Waals surface area contributed by atoms with Gasteiger partial charge in [-0.05, 0) is 43.3 Å². The van der Waals surface area contributed by atoms with Crippen molar-refractivity contribution in [1.82, 2.24) is 0 Å². The number of esters is 1. The van der Waals surface area contributed by atoms with Gasteiger partial charge >= 0.3 is 5.97 Å². The molecular weight excluding hydrogens is 342 g/mol. The summed E-state index contributed by atoms with van der Waals surface area (Å²) < 4.78 is 4.89. The number of carbonyl (C=O) groups is 3. The van der Waals surface area contributed by atoms with Crippen LogP contribution in [0, 0.1) is 0 Å². The van der Waals surface area contributed by atoms with E-state index in [9.17, 15) is 14.4 Å². The quantitative estimate of drug-likeness (QED) is 0.596. The zero-order chi connectivity index (χ0) is 18.2. The molecule has 2 aromatic carbocycles. The summed E-state index contributed by atoms with van der Waals surface area (Å²) in [6.07, 6.45) is 0.111. The molecule has 0 fully saturated rings. The highest BCUT2D eigenvalue weighted by atomic mass is 35.5. The Morgan fingerprint density at radius 3 is 2.32 bits per heavy atom. The average Bonchev–Trinajstić information content (AvgIpc) is 2.61. The normalized spacial score (nSPS) is 10.2. The van der Waals surface area contributed by atoms with Crippen LogP contribution in [0.1, 0.15) is 40.5 Å². The maximum absolute atomic E-state index is 12.1. The molecule has 0 heterocycles. The molecule has 0 radical (unpaired) electrons. The monoisotopic (exact) mass is 359 g/mol. The zero-order valence-electron chi connectivity index (χ0n) is 13.8. The fourth-order valence-electron chi connectivity index (χ4n) is 2.18. The Kier molecular flexibility index (Phi) is 6.71. The van der Waals surface area contributed by atoms with Crippen LogP contribution in [0.4, 0.5) is 5.69 Å². The minimum absolute atomic E-state index is 0.0453. The molecule has 0 aliphatic carbocycles. The van der Waals surface area contributed by atoms with Crippen molar-refractivity contribution in [2.24, 2.45) is 0 Å². The number of ether oxygens (including phenoxy) is 1. The summed E-state index contributed by atoms with van der Waals surface area (Å²) >= 11 is 5.97. The third kappa shape index (κ3) is 5.43. The third-order valence-electron chi connectivity index (χ3n) is 3.43. The molecule has 2 aromatic rings. The minimum atomic E-state index is -0.411. The molecule has 0 spiro atoms. The lowest BCUT2D eigenvalue weighted by Gasteiger charge is -2.07. The summed E-state index contributed by atoms with van der Waals surface area (Å²) in [5, 5.41) is 3.06. The van der Waals surface area contributed by atoms with E-state index in [4.69, 9.17) is 16.3 Å². The summed E-state index contributed by atoms with van der Waals surface area (Å²) in [6, 6.07) is 13.1. The van der Waals surface area contributed by atoms with E-state index in [0.717, 1.165) is 0 Å². The van der Waals surface area contributed by atoms with Crippen molar-refractivity contribution in [2.45, 2.75) is 19.8 Å². The lowest BCUT2D eigenvalue weighted by atomic mass is 10.1. The van der Waals surface area contributed by atoms with Gasteiger partial charge in [0.1, 0.15) is 0 Å². The number of ketones is 1. The van der Waals surface area contributed by atoms with Crippen LogP contribution in [-0.2, 0) is 9.53 Å². The smallest absolute Gasteiger partial charge is 0.338 e. The Hall–Kier alpha value is -2.66. The van der Waals surface area contributed by atoms with Gasteiger partial charge in [0.2, 0.25) is 5.91 Å². The predicted molar refractivity (Wildman–Crippen MR) is 96.0 cm³/mol. The molecule has 0 aliphatic rings. The lowest BCUT2D eigenvalue weighted by molar-refractivity contribution is -0.116. The van der Waals surface area contributed by atoms with E-state index < -0.39 is 5.97 Å². The number of rotatable bonds is 7. The predicted octanol–water partition coefficient (Wildman–Crippen LogP) is 4.12. The van der Waals surface area contributed by atoms with Gasteiger partial charge in [-0.1, -0.05) is 23.7 Å². The fourth-order valence-corrected chi connectivity index (χ4v) is 2.42. The van der Waals surface area contributed by atoms with Crippen LogP contribution in [0.25, 0.3) is 0 Å². The Bertz CT molecular complexity index is 771. The Morgan fingerprint density at radius 2 is 1.68 bits per heavy atom. The third-order valence-corrected chi connectivity index (χ3v) is 3.76. The summed E-state index contributed by atoms with van der Waals surface area (Å²) in [4.78, 5) is 35.6. The highest BCUT2D eigenvalue weighted by Gasteiger charge is 2.12. The molecule has 1 N–H and O–H groups in total. The van der Waals surface area contributed by atoms with Crippen molar-refractivity contribution in [1.29, 1.82) is 0 Å². The molecule has 0 bridgehead atoms. The van der Waals surface area contributed by atoms with Gasteiger partial charge in [-0.25, -0.2) is 4.79 Å². The van der Waals surface area contributed by atoms with E-state index >= 15 is 0 Å². The molecular formula is C19H18ClNO4. The maximum Gasteiger partial charge on any atom is 0.338 e. The summed E-state index contributed by atoms with van der Waals surface area (Å²) in [5.74, 6) is -0.881. The first kappa shape index (κ1) is 18.7. The molecule has 0 aliphatic heterocycles. The van der Waals surface area contributed by atoms with Gasteiger partial charge in [-0.15, -0.1) is 0 Å². The highest BCUT2D eigenvalue weighted by Crippen LogP contribution is 2.18. The topological polar surface area (TPSA) is 72.5 Å². The standard InChI is InChI=1S/C19H18ClNO4/c1-2-25-19(24)13-7-9-14(10-8-13)21-18(23)12-11-17(22)15-5-3-4-6-16(15)20/h3-10H,2,11-12H2,1H3,(H,21,23). The average molecular weight is 360 g/mol. The lowest BCUT2D eigenvalue weighted by Crippen LogP contribution is -2.14. The number of nitrogens with one attached hydrogen (secondary N) is 1. The Morgan fingerprint density at radius 1 is 1.00 bits per heavy atom. The van der Waals surface area contributed by atoms with Gasteiger partial charge in [-0.3, -0.25) is 9.59 Å². The molecule has 0 aromatic heterocycles. The molecule has 5 nitrogen and oxygen atoms in total. The Labute approximate surface area is 150 Å². The number of carbonyl (C=O) groups excluding carboxylic acids is 3. The van der Waals surface area contributed by atoms with Gasteiger partial charge < -0.3 is 10.1 Å². The molecule has 0 saturated carbocycles. The van der Waals surface area contributed by atoms with E-state index in [1.807, 2.05) is 0 Å². The maximum atomic E-state index is 12.1. The van der Waals surface area contributed by atoms with Gasteiger partial charge in [0, 0.05) is 24.1 Å². The molecule has 6 heteroatoms. The first-order valence-electron chi connectivity index (χ1n) is 7.86. The Balaban J connectivity index is 1.87. The van der Waals surface area contributed by atoms with E-state index in [-0.39, 0.29) is 24.5 Å². The number of amides is 1. The molecule has 0 unspecified atom stereocenters. The number of Topliss-reactive ketones (excluding diaryl/α,β-unsaturated/α-hetero) is 1. The molecule has 1 amide bonds. The van der Waals surface area contributed by atoms with Crippen LogP contribution in [0.3, 0.4) is 0 Å². The van der Waals surface area contributed by atoms with E-state index in [0.29, 0.717) is 28.4 Å². The second kappa shape index (κ2) is 8.99. The van der Waals surface area contributed by atoms with Crippen molar-refractivity contribution in [3.8, 4) is 0 Å². The molecule has 2 rings (SSSR count). The highest BCUT2D eigenvalue weighted by molar-refractivity contribution is 6.34. The second-order valence-corrected chi connectivity index (χ2v) is 5.66. The first-order chi connectivity index (χ1) is 12.0. The van der Waals surface area contributed by atoms with Crippen LogP contribution in [-0.4, -0.2) is 24.3 Å². The first-order valence-corrected chi connectivity index (χ1v) is 8.24. The van der Waals surface area contributed by atoms with Crippen molar-refractivity contribution in [2.75, 3.05) is 11.9 Å². The van der Waals surface area contributed by atoms with Crippen LogP contribution in [0.5, 0.6) is 0 Å². The molecule has 25 heavy (non-hydrogen) atoms. The minimum Gasteiger partial charge on any atom is -0.462 e. The van der Waals surface area contributed by atoms with Crippen molar-refractivity contribution in [3.05, 3.63) is 64.7 Å². The number of anilines is 1. The van der Waals surface area contributed by atoms with Gasteiger partial charge in [0.15, 0.2) is 5.78 Å². The van der Waals surface area contributed by atoms with Crippen LogP contribution < -0.4 is 5.32 Å². The van der Waals surface area contributed by atoms with Crippen LogP contribution in [0.2, 0.25) is 5.02 Å². The van der Waals surface area contributed by atoms with Crippen molar-refractivity contribution in [3.63, 3.8) is 0 Å².